The van der Waals surface area contributed by atoms with Gasteiger partial charge in [-0.25, -0.2) is 4.39 Å². The zero-order valence-corrected chi connectivity index (χ0v) is 14.4. The van der Waals surface area contributed by atoms with Gasteiger partial charge in [0.05, 0.1) is 18.8 Å². The minimum atomic E-state index is -0.583. The fourth-order valence-corrected chi connectivity index (χ4v) is 3.33. The van der Waals surface area contributed by atoms with Gasteiger partial charge in [0.15, 0.2) is 0 Å². The third-order valence-electron chi connectivity index (χ3n) is 5.02. The van der Waals surface area contributed by atoms with Crippen LogP contribution in [0.4, 0.5) is 4.39 Å². The second kappa shape index (κ2) is 7.17. The van der Waals surface area contributed by atoms with E-state index < -0.39 is 12.4 Å². The second-order valence-corrected chi connectivity index (χ2v) is 7.06. The highest BCUT2D eigenvalue weighted by molar-refractivity contribution is 5.94. The lowest BCUT2D eigenvalue weighted by Gasteiger charge is -2.19. The number of nitrogens with one attached hydrogen (secondary N) is 1. The van der Waals surface area contributed by atoms with Crippen LogP contribution in [-0.4, -0.2) is 33.4 Å². The molecular formula is C19H22FN3O3. The average Bonchev–Trinajstić information content (AvgIpc) is 3.13. The molecule has 2 heterocycles. The van der Waals surface area contributed by atoms with Crippen molar-refractivity contribution in [2.75, 3.05) is 6.61 Å². The number of hydrogen-bond acceptors (Lipinski definition) is 4. The molecule has 0 spiro atoms. The number of rotatable bonds is 6. The summed E-state index contributed by atoms with van der Waals surface area (Å²) in [5, 5.41) is 16.4. The number of aromatic nitrogens is 2. The zero-order valence-electron chi connectivity index (χ0n) is 14.4. The number of ether oxygens (including phenoxy) is 1. The van der Waals surface area contributed by atoms with E-state index in [4.69, 9.17) is 9.84 Å². The number of benzene rings is 1. The summed E-state index contributed by atoms with van der Waals surface area (Å²) in [6.07, 6.45) is 6.77. The number of aliphatic hydroxyl groups is 1. The van der Waals surface area contributed by atoms with Crippen LogP contribution in [0.3, 0.4) is 0 Å². The Morgan fingerprint density at radius 1 is 1.38 bits per heavy atom. The molecule has 1 aromatic carbocycles. The van der Waals surface area contributed by atoms with Gasteiger partial charge in [-0.2, -0.15) is 5.10 Å². The molecule has 1 amide bonds. The van der Waals surface area contributed by atoms with E-state index in [2.05, 4.69) is 10.4 Å². The summed E-state index contributed by atoms with van der Waals surface area (Å²) in [4.78, 5) is 12.5. The van der Waals surface area contributed by atoms with Crippen molar-refractivity contribution in [3.63, 3.8) is 0 Å². The second-order valence-electron chi connectivity index (χ2n) is 7.06. The van der Waals surface area contributed by atoms with Gasteiger partial charge in [0.2, 0.25) is 0 Å². The first-order valence-corrected chi connectivity index (χ1v) is 8.98. The molecule has 1 aromatic heterocycles. The molecule has 138 valence electrons. The summed E-state index contributed by atoms with van der Waals surface area (Å²) in [5.74, 6) is -0.195. The standard InChI is InChI=1S/C19H22FN3O3/c20-16-7-13(3-4-14(16)11-24)19(25)22-17-5-6-26-18(17)15-8-21-23(10-15)9-12-1-2-12/h3-4,7-8,10,12,17-18,24H,1-2,5-6,9,11H2,(H,22,25)/t17-,18+/m0/s1. The summed E-state index contributed by atoms with van der Waals surface area (Å²) < 4.78 is 21.6. The minimum Gasteiger partial charge on any atom is -0.392 e. The maximum atomic E-state index is 13.8. The van der Waals surface area contributed by atoms with Gasteiger partial charge >= 0.3 is 0 Å². The van der Waals surface area contributed by atoms with Crippen molar-refractivity contribution in [1.29, 1.82) is 0 Å². The summed E-state index contributed by atoms with van der Waals surface area (Å²) in [5.41, 5.74) is 1.36. The van der Waals surface area contributed by atoms with Crippen LogP contribution in [0.2, 0.25) is 0 Å². The third kappa shape index (κ3) is 3.64. The first-order valence-electron chi connectivity index (χ1n) is 8.98. The van der Waals surface area contributed by atoms with Crippen LogP contribution in [0.1, 0.15) is 46.9 Å². The first kappa shape index (κ1) is 17.2. The van der Waals surface area contributed by atoms with Crippen molar-refractivity contribution in [3.05, 3.63) is 53.1 Å². The minimum absolute atomic E-state index is 0.173. The summed E-state index contributed by atoms with van der Waals surface area (Å²) in [7, 11) is 0. The van der Waals surface area contributed by atoms with Crippen molar-refractivity contribution >= 4 is 5.91 Å². The fraction of sp³-hybridized carbons (Fsp3) is 0.474. The highest BCUT2D eigenvalue weighted by atomic mass is 19.1. The Morgan fingerprint density at radius 2 is 2.23 bits per heavy atom. The summed E-state index contributed by atoms with van der Waals surface area (Å²) in [6.45, 7) is 1.10. The van der Waals surface area contributed by atoms with Crippen molar-refractivity contribution in [1.82, 2.24) is 15.1 Å². The van der Waals surface area contributed by atoms with Crippen LogP contribution >= 0.6 is 0 Å². The molecule has 1 aliphatic carbocycles. The Kier molecular flexibility index (Phi) is 4.74. The van der Waals surface area contributed by atoms with Crippen LogP contribution in [0.25, 0.3) is 0 Å². The number of hydrogen-bond donors (Lipinski definition) is 2. The van der Waals surface area contributed by atoms with Gasteiger partial charge in [-0.15, -0.1) is 0 Å². The van der Waals surface area contributed by atoms with E-state index in [1.165, 1.54) is 25.0 Å². The van der Waals surface area contributed by atoms with Crippen LogP contribution < -0.4 is 5.32 Å². The van der Waals surface area contributed by atoms with Crippen LogP contribution in [0, 0.1) is 11.7 Å². The Hall–Kier alpha value is -2.25. The largest absolute Gasteiger partial charge is 0.392 e. The van der Waals surface area contributed by atoms with E-state index in [9.17, 15) is 9.18 Å². The monoisotopic (exact) mass is 359 g/mol. The van der Waals surface area contributed by atoms with Crippen molar-refractivity contribution in [2.45, 2.75) is 44.6 Å². The topological polar surface area (TPSA) is 76.4 Å². The number of nitrogens with zero attached hydrogens (tertiary/aromatic N) is 2. The Bertz CT molecular complexity index is 803. The van der Waals surface area contributed by atoms with E-state index >= 15 is 0 Å². The maximum absolute atomic E-state index is 13.8. The number of carbonyl (C=O) groups excluding carboxylic acids is 1. The van der Waals surface area contributed by atoms with E-state index in [0.717, 1.165) is 24.1 Å². The predicted octanol–water partition coefficient (Wildman–Crippen LogP) is 2.18. The Morgan fingerprint density at radius 3 is 2.96 bits per heavy atom. The summed E-state index contributed by atoms with van der Waals surface area (Å²) in [6, 6.07) is 3.91. The van der Waals surface area contributed by atoms with Crippen LogP contribution in [0.5, 0.6) is 0 Å². The predicted molar refractivity (Wildman–Crippen MR) is 91.8 cm³/mol. The van der Waals surface area contributed by atoms with E-state index in [0.29, 0.717) is 13.0 Å². The van der Waals surface area contributed by atoms with Crippen molar-refractivity contribution < 1.29 is 19.0 Å². The zero-order chi connectivity index (χ0) is 18.1. The van der Waals surface area contributed by atoms with Crippen molar-refractivity contribution in [3.8, 4) is 0 Å². The Balaban J connectivity index is 1.43. The molecular weight excluding hydrogens is 337 g/mol. The molecule has 2 N–H and O–H groups in total. The molecule has 4 rings (SSSR count). The van der Waals surface area contributed by atoms with Gasteiger partial charge in [0.1, 0.15) is 11.9 Å². The molecule has 1 saturated heterocycles. The lowest BCUT2D eigenvalue weighted by molar-refractivity contribution is 0.0821. The molecule has 0 bridgehead atoms. The molecule has 7 heteroatoms. The third-order valence-corrected chi connectivity index (χ3v) is 5.02. The molecule has 0 unspecified atom stereocenters. The number of amides is 1. The van der Waals surface area contributed by atoms with Gasteiger partial charge in [0, 0.05) is 36.0 Å². The van der Waals surface area contributed by atoms with Gasteiger partial charge in [-0.05, 0) is 37.3 Å². The lowest BCUT2D eigenvalue weighted by atomic mass is 10.0. The van der Waals surface area contributed by atoms with E-state index in [-0.39, 0.29) is 29.2 Å². The molecule has 6 nitrogen and oxygen atoms in total. The lowest BCUT2D eigenvalue weighted by Crippen LogP contribution is -2.36. The van der Waals surface area contributed by atoms with E-state index in [1.807, 2.05) is 10.9 Å². The molecule has 2 fully saturated rings. The maximum Gasteiger partial charge on any atom is 0.251 e. The SMILES string of the molecule is O=C(N[C@H]1CCO[C@@H]1c1cnn(CC2CC2)c1)c1ccc(CO)c(F)c1. The molecule has 0 radical (unpaired) electrons. The number of aliphatic hydroxyl groups excluding tert-OH is 1. The molecule has 1 aliphatic heterocycles. The first-order chi connectivity index (χ1) is 12.6. The molecule has 2 aromatic rings. The quantitative estimate of drug-likeness (QED) is 0.829. The van der Waals surface area contributed by atoms with Crippen LogP contribution in [0.15, 0.2) is 30.6 Å². The molecule has 2 aliphatic rings. The molecule has 1 saturated carbocycles. The fourth-order valence-electron chi connectivity index (χ4n) is 3.33. The highest BCUT2D eigenvalue weighted by Crippen LogP contribution is 2.32. The summed E-state index contributed by atoms with van der Waals surface area (Å²) >= 11 is 0. The van der Waals surface area contributed by atoms with Crippen molar-refractivity contribution in [2.24, 2.45) is 5.92 Å². The average molecular weight is 359 g/mol. The Labute approximate surface area is 151 Å². The van der Waals surface area contributed by atoms with Gasteiger partial charge in [-0.1, -0.05) is 6.07 Å². The van der Waals surface area contributed by atoms with Gasteiger partial charge in [-0.3, -0.25) is 9.48 Å². The molecule has 2 atom stereocenters. The normalized spacial score (nSPS) is 22.5. The van der Waals surface area contributed by atoms with E-state index in [1.54, 1.807) is 6.20 Å². The van der Waals surface area contributed by atoms with Crippen LogP contribution in [-0.2, 0) is 17.9 Å². The molecule has 26 heavy (non-hydrogen) atoms. The van der Waals surface area contributed by atoms with Gasteiger partial charge < -0.3 is 15.2 Å². The highest BCUT2D eigenvalue weighted by Gasteiger charge is 2.32. The number of carbonyl (C=O) groups is 1. The van der Waals surface area contributed by atoms with Gasteiger partial charge in [0.25, 0.3) is 5.91 Å². The number of halogens is 1. The smallest absolute Gasteiger partial charge is 0.251 e.